The average Bonchev–Trinajstić information content (AvgIpc) is 2.46. The van der Waals surface area contributed by atoms with Crippen LogP contribution >= 0.6 is 0 Å². The lowest BCUT2D eigenvalue weighted by molar-refractivity contribution is -0.422. The van der Waals surface area contributed by atoms with Crippen LogP contribution in [0.3, 0.4) is 0 Å². The Hall–Kier alpha value is -1.35. The molecule has 4 N–H and O–H groups in total. The summed E-state index contributed by atoms with van der Waals surface area (Å²) in [4.78, 5) is 7.62. The first-order chi connectivity index (χ1) is 5.77. The molecule has 3 nitrogen and oxygen atoms in total. The molecule has 0 amide bonds. The number of quaternary nitrogens is 1. The Morgan fingerprint density at radius 1 is 1.42 bits per heavy atom. The Morgan fingerprint density at radius 2 is 2.17 bits per heavy atom. The summed E-state index contributed by atoms with van der Waals surface area (Å²) in [6.45, 7) is 2.03. The van der Waals surface area contributed by atoms with Crippen LogP contribution in [0.4, 0.5) is 0 Å². The molecule has 0 saturated heterocycles. The van der Waals surface area contributed by atoms with Gasteiger partial charge in [-0.1, -0.05) is 12.1 Å². The second kappa shape index (κ2) is 2.60. The van der Waals surface area contributed by atoms with E-state index in [1.54, 1.807) is 0 Å². The van der Waals surface area contributed by atoms with E-state index in [-0.39, 0.29) is 6.04 Å². The van der Waals surface area contributed by atoms with E-state index in [1.165, 1.54) is 0 Å². The summed E-state index contributed by atoms with van der Waals surface area (Å²) >= 11 is 0. The molecule has 0 aliphatic heterocycles. The minimum Gasteiger partial charge on any atom is -0.349 e. The average molecular weight is 162 g/mol. The van der Waals surface area contributed by atoms with Crippen LogP contribution in [0.1, 0.15) is 18.8 Å². The van der Waals surface area contributed by atoms with Crippen molar-refractivity contribution in [2.75, 3.05) is 0 Å². The minimum atomic E-state index is 0.220. The van der Waals surface area contributed by atoms with Crippen LogP contribution < -0.4 is 5.73 Å². The summed E-state index contributed by atoms with van der Waals surface area (Å²) in [5, 5.41) is 0. The Balaban J connectivity index is 2.62. The lowest BCUT2D eigenvalue weighted by atomic mass is 10.3. The fourth-order valence-corrected chi connectivity index (χ4v) is 1.21. The number of rotatable bonds is 1. The van der Waals surface area contributed by atoms with Gasteiger partial charge in [0.25, 0.3) is 0 Å². The lowest BCUT2D eigenvalue weighted by Gasteiger charge is -1.92. The number of benzene rings is 1. The van der Waals surface area contributed by atoms with Gasteiger partial charge in [-0.2, -0.15) is 0 Å². The Labute approximate surface area is 70.6 Å². The van der Waals surface area contributed by atoms with E-state index < -0.39 is 0 Å². The largest absolute Gasteiger partial charge is 0.349 e. The van der Waals surface area contributed by atoms with Gasteiger partial charge in [0.1, 0.15) is 6.04 Å². The third-order valence-electron chi connectivity index (χ3n) is 1.87. The topological polar surface area (TPSA) is 56.3 Å². The second-order valence-corrected chi connectivity index (χ2v) is 3.04. The highest BCUT2D eigenvalue weighted by Crippen LogP contribution is 2.12. The smallest absolute Gasteiger partial charge is 0.165 e. The Bertz CT molecular complexity index is 356. The molecule has 0 saturated carbocycles. The van der Waals surface area contributed by atoms with Gasteiger partial charge in [-0.25, -0.2) is 4.98 Å². The standard InChI is InChI=1S/C9H11N3/c1-6(10)9-11-7-4-2-3-5-8(7)12-9/h2-6H,10H2,1H3,(H,11,12)/p+1. The number of para-hydroxylation sites is 2. The van der Waals surface area contributed by atoms with Crippen LogP contribution in [0.25, 0.3) is 11.0 Å². The quantitative estimate of drug-likeness (QED) is 0.642. The predicted molar refractivity (Wildman–Crippen MR) is 47.4 cm³/mol. The van der Waals surface area contributed by atoms with Gasteiger partial charge in [0, 0.05) is 0 Å². The second-order valence-electron chi connectivity index (χ2n) is 3.04. The molecule has 1 unspecified atom stereocenters. The number of nitrogens with one attached hydrogen (secondary N) is 1. The molecule has 1 aromatic carbocycles. The number of nitrogens with zero attached hydrogens (tertiary/aromatic N) is 1. The van der Waals surface area contributed by atoms with Crippen molar-refractivity contribution in [1.29, 1.82) is 0 Å². The van der Waals surface area contributed by atoms with Crippen molar-refractivity contribution in [3.8, 4) is 0 Å². The molecule has 0 spiro atoms. The number of aromatic nitrogens is 2. The zero-order valence-electron chi connectivity index (χ0n) is 7.04. The molecule has 3 heteroatoms. The van der Waals surface area contributed by atoms with Crippen molar-refractivity contribution in [1.82, 2.24) is 9.97 Å². The van der Waals surface area contributed by atoms with E-state index >= 15 is 0 Å². The zero-order valence-corrected chi connectivity index (χ0v) is 7.04. The first-order valence-electron chi connectivity index (χ1n) is 4.05. The zero-order chi connectivity index (χ0) is 8.55. The van der Waals surface area contributed by atoms with Crippen LogP contribution in [0.2, 0.25) is 0 Å². The van der Waals surface area contributed by atoms with Crippen molar-refractivity contribution in [3.63, 3.8) is 0 Å². The van der Waals surface area contributed by atoms with Gasteiger partial charge < -0.3 is 10.7 Å². The number of hydrogen-bond donors (Lipinski definition) is 2. The number of hydrogen-bond acceptors (Lipinski definition) is 1. The van der Waals surface area contributed by atoms with Crippen molar-refractivity contribution in [2.45, 2.75) is 13.0 Å². The van der Waals surface area contributed by atoms with Crippen molar-refractivity contribution in [2.24, 2.45) is 0 Å². The molecule has 1 heterocycles. The summed E-state index contributed by atoms with van der Waals surface area (Å²) in [6, 6.07) is 8.22. The van der Waals surface area contributed by atoms with Gasteiger partial charge in [-0.05, 0) is 19.1 Å². The van der Waals surface area contributed by atoms with Crippen LogP contribution in [0.15, 0.2) is 24.3 Å². The molecule has 0 fully saturated rings. The normalized spacial score (nSPS) is 13.5. The van der Waals surface area contributed by atoms with Gasteiger partial charge in [0.2, 0.25) is 0 Å². The third kappa shape index (κ3) is 1.08. The minimum absolute atomic E-state index is 0.220. The molecule has 1 atom stereocenters. The van der Waals surface area contributed by atoms with Crippen LogP contribution in [-0.2, 0) is 0 Å². The molecular weight excluding hydrogens is 150 g/mol. The highest BCUT2D eigenvalue weighted by Gasteiger charge is 2.07. The summed E-state index contributed by atoms with van der Waals surface area (Å²) in [6.07, 6.45) is 0. The first-order valence-corrected chi connectivity index (χ1v) is 4.05. The molecule has 1 aromatic heterocycles. The van der Waals surface area contributed by atoms with Gasteiger partial charge in [-0.3, -0.25) is 0 Å². The molecule has 0 aliphatic carbocycles. The summed E-state index contributed by atoms with van der Waals surface area (Å²) in [5.74, 6) is 0.955. The van der Waals surface area contributed by atoms with E-state index in [9.17, 15) is 0 Å². The highest BCUT2D eigenvalue weighted by atomic mass is 15.0. The maximum atomic E-state index is 4.39. The molecule has 2 rings (SSSR count). The summed E-state index contributed by atoms with van der Waals surface area (Å²) < 4.78 is 0. The molecule has 0 radical (unpaired) electrons. The number of fused-ring (bicyclic) bond motifs is 1. The molecular formula is C9H12N3+. The highest BCUT2D eigenvalue weighted by molar-refractivity contribution is 5.74. The molecule has 0 bridgehead atoms. The number of aromatic amines is 1. The molecule has 0 aliphatic rings. The summed E-state index contributed by atoms with van der Waals surface area (Å²) in [5.41, 5.74) is 6.01. The maximum Gasteiger partial charge on any atom is 0.165 e. The van der Waals surface area contributed by atoms with Crippen LogP contribution in [0, 0.1) is 0 Å². The first kappa shape index (κ1) is 7.31. The van der Waals surface area contributed by atoms with Crippen molar-refractivity contribution >= 4 is 11.0 Å². The van der Waals surface area contributed by atoms with Crippen LogP contribution in [0.5, 0.6) is 0 Å². The van der Waals surface area contributed by atoms with Gasteiger partial charge >= 0.3 is 0 Å². The van der Waals surface area contributed by atoms with E-state index in [0.29, 0.717) is 0 Å². The summed E-state index contributed by atoms with van der Waals surface area (Å²) in [7, 11) is 0. The van der Waals surface area contributed by atoms with E-state index in [2.05, 4.69) is 15.7 Å². The van der Waals surface area contributed by atoms with Crippen molar-refractivity contribution in [3.05, 3.63) is 30.1 Å². The maximum absolute atomic E-state index is 4.39. The molecule has 62 valence electrons. The number of imidazole rings is 1. The van der Waals surface area contributed by atoms with Gasteiger partial charge in [0.15, 0.2) is 5.82 Å². The van der Waals surface area contributed by atoms with Crippen molar-refractivity contribution < 1.29 is 5.73 Å². The lowest BCUT2D eigenvalue weighted by Crippen LogP contribution is -2.52. The van der Waals surface area contributed by atoms with E-state index in [4.69, 9.17) is 0 Å². The van der Waals surface area contributed by atoms with Gasteiger partial charge in [-0.15, -0.1) is 0 Å². The molecule has 12 heavy (non-hydrogen) atoms. The fraction of sp³-hybridized carbons (Fsp3) is 0.222. The Kier molecular flexibility index (Phi) is 1.59. The van der Waals surface area contributed by atoms with Crippen LogP contribution in [-0.4, -0.2) is 9.97 Å². The fourth-order valence-electron chi connectivity index (χ4n) is 1.21. The number of H-pyrrole nitrogens is 1. The monoisotopic (exact) mass is 162 g/mol. The third-order valence-corrected chi connectivity index (χ3v) is 1.87. The van der Waals surface area contributed by atoms with E-state index in [1.807, 2.05) is 31.2 Å². The SMILES string of the molecule is CC([NH3+])c1nc2ccccc2[nH]1. The Morgan fingerprint density at radius 3 is 2.83 bits per heavy atom. The van der Waals surface area contributed by atoms with E-state index in [0.717, 1.165) is 16.9 Å². The predicted octanol–water partition coefficient (Wildman–Crippen LogP) is 0.866. The van der Waals surface area contributed by atoms with Gasteiger partial charge in [0.05, 0.1) is 11.0 Å². The molecule has 2 aromatic rings.